The summed E-state index contributed by atoms with van der Waals surface area (Å²) >= 11 is 0. The predicted molar refractivity (Wildman–Crippen MR) is 117 cm³/mol. The molecule has 4 bridgehead atoms. The van der Waals surface area contributed by atoms with Crippen molar-refractivity contribution in [2.24, 2.45) is 23.2 Å². The molecule has 6 nitrogen and oxygen atoms in total. The number of imide groups is 1. The van der Waals surface area contributed by atoms with E-state index < -0.39 is 35.7 Å². The van der Waals surface area contributed by atoms with E-state index in [4.69, 9.17) is 0 Å². The first-order chi connectivity index (χ1) is 16.0. The minimum absolute atomic E-state index is 0.0251. The molecule has 1 saturated heterocycles. The van der Waals surface area contributed by atoms with Gasteiger partial charge in [0.05, 0.1) is 0 Å². The summed E-state index contributed by atoms with van der Waals surface area (Å²) in [6.07, 6.45) is 1.08. The quantitative estimate of drug-likeness (QED) is 0.612. The average Bonchev–Trinajstić information content (AvgIpc) is 2.99. The predicted octanol–water partition coefficient (Wildman–Crippen LogP) is 4.53. The first-order valence-electron chi connectivity index (χ1n) is 12.1. The minimum Gasteiger partial charge on any atom is -0.314 e. The molecule has 4 amide bonds. The number of alkyl halides is 3. The molecule has 2 atom stereocenters. The van der Waals surface area contributed by atoms with Gasteiger partial charge in [-0.15, -0.1) is 0 Å². The second-order valence-corrected chi connectivity index (χ2v) is 10.9. The van der Waals surface area contributed by atoms with Crippen molar-refractivity contribution in [2.75, 3.05) is 0 Å². The highest BCUT2D eigenvalue weighted by Crippen LogP contribution is 2.62. The summed E-state index contributed by atoms with van der Waals surface area (Å²) in [5.41, 5.74) is -3.02. The monoisotopic (exact) mass is 477 g/mol. The van der Waals surface area contributed by atoms with Gasteiger partial charge in [0.15, 0.2) is 0 Å². The fourth-order valence-corrected chi connectivity index (χ4v) is 7.60. The van der Waals surface area contributed by atoms with Crippen molar-refractivity contribution in [1.29, 1.82) is 0 Å². The highest BCUT2D eigenvalue weighted by atomic mass is 19.4. The maximum Gasteiger partial charge on any atom is 0.440 e. The molecule has 5 fully saturated rings. The largest absolute Gasteiger partial charge is 0.440 e. The van der Waals surface area contributed by atoms with Crippen molar-refractivity contribution in [1.82, 2.24) is 15.5 Å². The zero-order valence-electron chi connectivity index (χ0n) is 19.4. The van der Waals surface area contributed by atoms with Gasteiger partial charge in [-0.1, -0.05) is 24.6 Å². The number of carbonyl (C=O) groups is 3. The SMILES string of the molecule is CCC(N1C(=O)NC(NC(=O)c2ccc(C)cc2)(C(F)(F)F)C1=O)C12CC3CC(CC(C3)C1)C2. The highest BCUT2D eigenvalue weighted by Gasteiger charge is 2.71. The Hall–Kier alpha value is -2.58. The van der Waals surface area contributed by atoms with Crippen LogP contribution in [0.1, 0.15) is 67.8 Å². The lowest BCUT2D eigenvalue weighted by Gasteiger charge is -2.60. The smallest absolute Gasteiger partial charge is 0.314 e. The molecule has 9 heteroatoms. The topological polar surface area (TPSA) is 78.5 Å². The average molecular weight is 478 g/mol. The minimum atomic E-state index is -5.21. The zero-order chi connectivity index (χ0) is 24.5. The van der Waals surface area contributed by atoms with Crippen LogP contribution in [0.2, 0.25) is 0 Å². The molecule has 1 aromatic rings. The van der Waals surface area contributed by atoms with Gasteiger partial charge in [-0.25, -0.2) is 4.79 Å². The third-order valence-electron chi connectivity index (χ3n) is 8.58. The van der Waals surface area contributed by atoms with E-state index in [9.17, 15) is 27.6 Å². The van der Waals surface area contributed by atoms with E-state index in [1.165, 1.54) is 12.1 Å². The first kappa shape index (κ1) is 23.2. The number of aryl methyl sites for hydroxylation is 1. The molecule has 0 radical (unpaired) electrons. The van der Waals surface area contributed by atoms with Crippen LogP contribution in [0.3, 0.4) is 0 Å². The molecule has 4 aliphatic carbocycles. The number of amides is 4. The van der Waals surface area contributed by atoms with Gasteiger partial charge in [-0.3, -0.25) is 19.8 Å². The van der Waals surface area contributed by atoms with Gasteiger partial charge in [-0.2, -0.15) is 13.2 Å². The van der Waals surface area contributed by atoms with Crippen LogP contribution in [0.15, 0.2) is 24.3 Å². The van der Waals surface area contributed by atoms with E-state index in [1.807, 2.05) is 17.6 Å². The summed E-state index contributed by atoms with van der Waals surface area (Å²) in [5.74, 6) is -0.984. The molecule has 1 aliphatic heterocycles. The van der Waals surface area contributed by atoms with E-state index in [0.29, 0.717) is 24.2 Å². The molecule has 2 N–H and O–H groups in total. The Morgan fingerprint density at radius 2 is 1.62 bits per heavy atom. The molecule has 0 spiro atoms. The normalized spacial score (nSPS) is 35.4. The molecule has 2 unspecified atom stereocenters. The molecule has 4 saturated carbocycles. The molecule has 6 rings (SSSR count). The van der Waals surface area contributed by atoms with E-state index in [1.54, 1.807) is 19.1 Å². The van der Waals surface area contributed by atoms with Crippen LogP contribution in [-0.4, -0.2) is 40.6 Å². The van der Waals surface area contributed by atoms with Gasteiger partial charge >= 0.3 is 12.2 Å². The van der Waals surface area contributed by atoms with Crippen molar-refractivity contribution in [2.45, 2.75) is 76.7 Å². The number of benzene rings is 1. The summed E-state index contributed by atoms with van der Waals surface area (Å²) < 4.78 is 43.2. The Morgan fingerprint density at radius 3 is 2.09 bits per heavy atom. The third-order valence-corrected chi connectivity index (χ3v) is 8.58. The van der Waals surface area contributed by atoms with Crippen molar-refractivity contribution in [3.8, 4) is 0 Å². The van der Waals surface area contributed by atoms with E-state index in [2.05, 4.69) is 0 Å². The van der Waals surface area contributed by atoms with Gasteiger partial charge < -0.3 is 5.32 Å². The Labute approximate surface area is 196 Å². The van der Waals surface area contributed by atoms with Crippen LogP contribution < -0.4 is 10.6 Å². The number of halogens is 3. The van der Waals surface area contributed by atoms with E-state index in [-0.39, 0.29) is 11.0 Å². The molecular weight excluding hydrogens is 447 g/mol. The fourth-order valence-electron chi connectivity index (χ4n) is 7.60. The number of rotatable bonds is 5. The lowest BCUT2D eigenvalue weighted by molar-refractivity contribution is -0.202. The van der Waals surface area contributed by atoms with E-state index >= 15 is 0 Å². The van der Waals surface area contributed by atoms with Crippen LogP contribution in [0.5, 0.6) is 0 Å². The van der Waals surface area contributed by atoms with Gasteiger partial charge in [0.1, 0.15) is 0 Å². The highest BCUT2D eigenvalue weighted by molar-refractivity contribution is 6.10. The van der Waals surface area contributed by atoms with E-state index in [0.717, 1.165) is 49.0 Å². The van der Waals surface area contributed by atoms with Gasteiger partial charge in [0, 0.05) is 11.6 Å². The number of carbonyl (C=O) groups excluding carboxylic acids is 3. The second kappa shape index (κ2) is 7.71. The number of hydrogen-bond donors (Lipinski definition) is 2. The molecule has 1 heterocycles. The molecule has 0 aromatic heterocycles. The summed E-state index contributed by atoms with van der Waals surface area (Å²) in [6, 6.07) is 4.24. The summed E-state index contributed by atoms with van der Waals surface area (Å²) in [6.45, 7) is 3.61. The van der Waals surface area contributed by atoms with Gasteiger partial charge in [-0.05, 0) is 87.2 Å². The summed E-state index contributed by atoms with van der Waals surface area (Å²) in [5, 5.41) is 3.69. The van der Waals surface area contributed by atoms with Crippen molar-refractivity contribution >= 4 is 17.8 Å². The zero-order valence-corrected chi connectivity index (χ0v) is 19.4. The number of hydrogen-bond acceptors (Lipinski definition) is 3. The maximum atomic E-state index is 14.4. The molecule has 1 aromatic carbocycles. The van der Waals surface area contributed by atoms with Crippen LogP contribution >= 0.6 is 0 Å². The standard InChI is InChI=1S/C25H30F3N3O3/c1-3-19(23-11-15-8-16(12-23)10-17(9-15)13-23)31-21(33)24(25(26,27)28,30-22(31)34)29-20(32)18-6-4-14(2)5-7-18/h4-7,15-17,19H,3,8-13H2,1-2H3,(H,29,32)(H,30,34). The van der Waals surface area contributed by atoms with Crippen LogP contribution in [0.4, 0.5) is 18.0 Å². The summed E-state index contributed by atoms with van der Waals surface area (Å²) in [4.78, 5) is 40.1. The van der Waals surface area contributed by atoms with Crippen LogP contribution in [0.25, 0.3) is 0 Å². The Balaban J connectivity index is 1.48. The van der Waals surface area contributed by atoms with Crippen LogP contribution in [0, 0.1) is 30.1 Å². The Bertz CT molecular complexity index is 987. The van der Waals surface area contributed by atoms with Gasteiger partial charge in [0.2, 0.25) is 0 Å². The van der Waals surface area contributed by atoms with Gasteiger partial charge in [0.25, 0.3) is 17.5 Å². The lowest BCUT2D eigenvalue weighted by Crippen LogP contribution is -2.70. The lowest BCUT2D eigenvalue weighted by atomic mass is 9.47. The Kier molecular flexibility index (Phi) is 5.26. The molecule has 5 aliphatic rings. The van der Waals surface area contributed by atoms with Crippen molar-refractivity contribution in [3.63, 3.8) is 0 Å². The van der Waals surface area contributed by atoms with Crippen molar-refractivity contribution < 1.29 is 27.6 Å². The first-order valence-corrected chi connectivity index (χ1v) is 12.1. The van der Waals surface area contributed by atoms with Crippen LogP contribution in [-0.2, 0) is 4.79 Å². The second-order valence-electron chi connectivity index (χ2n) is 10.9. The number of nitrogens with one attached hydrogen (secondary N) is 2. The molecule has 34 heavy (non-hydrogen) atoms. The number of nitrogens with zero attached hydrogens (tertiary/aromatic N) is 1. The molecular formula is C25H30F3N3O3. The summed E-state index contributed by atoms with van der Waals surface area (Å²) in [7, 11) is 0. The maximum absolute atomic E-state index is 14.4. The van der Waals surface area contributed by atoms with Crippen molar-refractivity contribution in [3.05, 3.63) is 35.4 Å². The fraction of sp³-hybridized carbons (Fsp3) is 0.640. The number of urea groups is 1. The third kappa shape index (κ3) is 3.41. The molecule has 184 valence electrons. The Morgan fingerprint density at radius 1 is 1.09 bits per heavy atom.